The molecule has 104 valence electrons. The average Bonchev–Trinajstić information content (AvgIpc) is 2.42. The summed E-state index contributed by atoms with van der Waals surface area (Å²) in [5, 5.41) is 8.93. The number of hydrogen-bond acceptors (Lipinski definition) is 4. The van der Waals surface area contributed by atoms with E-state index in [1.165, 1.54) is 13.1 Å². The summed E-state index contributed by atoms with van der Waals surface area (Å²) >= 11 is 0. The average molecular weight is 278 g/mol. The molecule has 0 aliphatic carbocycles. The number of carboxylic acid groups (broad SMARTS) is 1. The van der Waals surface area contributed by atoms with Gasteiger partial charge in [0.1, 0.15) is 17.9 Å². The summed E-state index contributed by atoms with van der Waals surface area (Å²) in [7, 11) is 0. The van der Waals surface area contributed by atoms with Crippen LogP contribution in [0.25, 0.3) is 10.9 Å². The first-order chi connectivity index (χ1) is 9.43. The molecule has 0 saturated carbocycles. The number of halogens is 1. The van der Waals surface area contributed by atoms with E-state index in [1.807, 2.05) is 0 Å². The van der Waals surface area contributed by atoms with E-state index >= 15 is 0 Å². The summed E-state index contributed by atoms with van der Waals surface area (Å²) in [4.78, 5) is 23.3. The lowest BCUT2D eigenvalue weighted by molar-refractivity contribution is 0.0694. The van der Waals surface area contributed by atoms with Gasteiger partial charge in [0.15, 0.2) is 5.82 Å². The van der Waals surface area contributed by atoms with Crippen LogP contribution in [0.3, 0.4) is 0 Å². The number of carbonyl (C=O) groups is 1. The lowest BCUT2D eigenvalue weighted by atomic mass is 10.0. The number of benzene rings is 1. The maximum absolute atomic E-state index is 14.1. The summed E-state index contributed by atoms with van der Waals surface area (Å²) in [6.07, 6.45) is 1.25. The van der Waals surface area contributed by atoms with Crippen molar-refractivity contribution in [3.8, 4) is 5.75 Å². The minimum Gasteiger partial charge on any atom is -0.489 e. The number of ether oxygens (including phenoxy) is 1. The molecule has 0 radical (unpaired) electrons. The van der Waals surface area contributed by atoms with Gasteiger partial charge in [0.25, 0.3) is 0 Å². The molecule has 2 heterocycles. The molecule has 0 fully saturated rings. The highest BCUT2D eigenvalue weighted by Gasteiger charge is 2.26. The van der Waals surface area contributed by atoms with Crippen molar-refractivity contribution < 1.29 is 19.0 Å². The summed E-state index contributed by atoms with van der Waals surface area (Å²) in [6.45, 7) is 2.15. The van der Waals surface area contributed by atoms with Crippen LogP contribution in [0.5, 0.6) is 5.75 Å². The molecule has 0 saturated heterocycles. The Labute approximate surface area is 112 Å². The van der Waals surface area contributed by atoms with E-state index in [0.29, 0.717) is 12.1 Å². The fraction of sp³-hybridized carbons (Fsp3) is 0.231. The van der Waals surface area contributed by atoms with Crippen molar-refractivity contribution in [2.75, 3.05) is 12.3 Å². The SMILES string of the molecule is Cc1c(F)c(N)c2c(=O)c(C(=O)O)cn3c2c1OCC3. The van der Waals surface area contributed by atoms with Crippen molar-refractivity contribution in [3.63, 3.8) is 0 Å². The summed E-state index contributed by atoms with van der Waals surface area (Å²) in [6, 6.07) is 0. The largest absolute Gasteiger partial charge is 0.489 e. The second kappa shape index (κ2) is 3.96. The van der Waals surface area contributed by atoms with Gasteiger partial charge in [-0.15, -0.1) is 0 Å². The highest BCUT2D eigenvalue weighted by atomic mass is 19.1. The molecular weight excluding hydrogens is 267 g/mol. The van der Waals surface area contributed by atoms with Crippen LogP contribution in [0.1, 0.15) is 15.9 Å². The molecule has 20 heavy (non-hydrogen) atoms. The third-order valence-corrected chi connectivity index (χ3v) is 3.48. The van der Waals surface area contributed by atoms with Gasteiger partial charge >= 0.3 is 5.97 Å². The second-order valence-corrected chi connectivity index (χ2v) is 4.62. The van der Waals surface area contributed by atoms with Crippen LogP contribution in [0.2, 0.25) is 0 Å². The molecule has 7 heteroatoms. The number of aromatic nitrogens is 1. The Hall–Kier alpha value is -2.57. The molecule has 1 aromatic carbocycles. The van der Waals surface area contributed by atoms with E-state index in [4.69, 9.17) is 15.6 Å². The number of nitrogen functional groups attached to an aromatic ring is 1. The quantitative estimate of drug-likeness (QED) is 0.762. The lowest BCUT2D eigenvalue weighted by Crippen LogP contribution is -2.25. The third kappa shape index (κ3) is 1.43. The van der Waals surface area contributed by atoms with Crippen LogP contribution in [0, 0.1) is 12.7 Å². The van der Waals surface area contributed by atoms with Crippen LogP contribution < -0.4 is 15.9 Å². The predicted octanol–water partition coefficient (Wildman–Crippen LogP) is 1.12. The highest BCUT2D eigenvalue weighted by Crippen LogP contribution is 2.36. The monoisotopic (exact) mass is 278 g/mol. The van der Waals surface area contributed by atoms with E-state index in [2.05, 4.69) is 0 Å². The summed E-state index contributed by atoms with van der Waals surface area (Å²) in [5.74, 6) is -1.87. The van der Waals surface area contributed by atoms with E-state index in [1.54, 1.807) is 4.57 Å². The van der Waals surface area contributed by atoms with Crippen molar-refractivity contribution in [2.45, 2.75) is 13.5 Å². The zero-order chi connectivity index (χ0) is 14.6. The van der Waals surface area contributed by atoms with Gasteiger partial charge in [0.05, 0.1) is 23.1 Å². The van der Waals surface area contributed by atoms with Crippen LogP contribution in [-0.4, -0.2) is 22.2 Å². The first kappa shape index (κ1) is 12.5. The van der Waals surface area contributed by atoms with E-state index in [0.717, 1.165) is 0 Å². The van der Waals surface area contributed by atoms with Gasteiger partial charge in [-0.2, -0.15) is 0 Å². The molecule has 0 bridgehead atoms. The summed E-state index contributed by atoms with van der Waals surface area (Å²) < 4.78 is 21.1. The Bertz CT molecular complexity index is 826. The lowest BCUT2D eigenvalue weighted by Gasteiger charge is -2.24. The predicted molar refractivity (Wildman–Crippen MR) is 69.8 cm³/mol. The Morgan fingerprint density at radius 3 is 2.90 bits per heavy atom. The number of carboxylic acids is 1. The van der Waals surface area contributed by atoms with Gasteiger partial charge in [0.2, 0.25) is 5.43 Å². The number of pyridine rings is 1. The second-order valence-electron chi connectivity index (χ2n) is 4.62. The normalized spacial score (nSPS) is 13.3. The molecule has 2 aromatic rings. The number of nitrogens with two attached hydrogens (primary N) is 1. The molecule has 0 atom stereocenters. The Morgan fingerprint density at radius 1 is 1.55 bits per heavy atom. The van der Waals surface area contributed by atoms with Crippen molar-refractivity contribution in [1.82, 2.24) is 4.57 Å². The molecule has 0 unspecified atom stereocenters. The van der Waals surface area contributed by atoms with Crippen LogP contribution >= 0.6 is 0 Å². The minimum atomic E-state index is -1.37. The zero-order valence-electron chi connectivity index (χ0n) is 10.6. The first-order valence-corrected chi connectivity index (χ1v) is 5.94. The third-order valence-electron chi connectivity index (χ3n) is 3.48. The fourth-order valence-electron chi connectivity index (χ4n) is 2.50. The Kier molecular flexibility index (Phi) is 2.47. The molecule has 3 N–H and O–H groups in total. The zero-order valence-corrected chi connectivity index (χ0v) is 10.6. The number of anilines is 1. The molecule has 3 rings (SSSR count). The van der Waals surface area contributed by atoms with Crippen LogP contribution in [-0.2, 0) is 6.54 Å². The van der Waals surface area contributed by atoms with E-state index in [-0.39, 0.29) is 29.0 Å². The Balaban J connectivity index is 2.62. The van der Waals surface area contributed by atoms with Gasteiger partial charge in [0, 0.05) is 11.8 Å². The fourth-order valence-corrected chi connectivity index (χ4v) is 2.50. The van der Waals surface area contributed by atoms with Gasteiger partial charge in [-0.25, -0.2) is 9.18 Å². The van der Waals surface area contributed by atoms with Crippen molar-refractivity contribution in [1.29, 1.82) is 0 Å². The first-order valence-electron chi connectivity index (χ1n) is 5.94. The molecule has 1 aliphatic heterocycles. The molecule has 1 aromatic heterocycles. The molecule has 1 aliphatic rings. The maximum atomic E-state index is 14.1. The van der Waals surface area contributed by atoms with Gasteiger partial charge in [-0.1, -0.05) is 0 Å². The summed E-state index contributed by atoms with van der Waals surface area (Å²) in [5.41, 5.74) is 4.66. The minimum absolute atomic E-state index is 0.136. The standard InChI is InChI=1S/C13H11FN2O4/c1-5-8(14)9(15)7-10-12(5)20-3-2-16(10)4-6(11(7)17)13(18)19/h4H,2-3,15H2,1H3,(H,18,19). The number of nitrogens with zero attached hydrogens (tertiary/aromatic N) is 1. The van der Waals surface area contributed by atoms with Crippen LogP contribution in [0.4, 0.5) is 10.1 Å². The van der Waals surface area contributed by atoms with E-state index < -0.39 is 22.8 Å². The number of hydrogen-bond donors (Lipinski definition) is 2. The van der Waals surface area contributed by atoms with Gasteiger partial charge < -0.3 is 20.1 Å². The number of rotatable bonds is 1. The topological polar surface area (TPSA) is 94.5 Å². The Morgan fingerprint density at radius 2 is 2.25 bits per heavy atom. The van der Waals surface area contributed by atoms with Crippen molar-refractivity contribution in [2.24, 2.45) is 0 Å². The van der Waals surface area contributed by atoms with Crippen molar-refractivity contribution >= 4 is 22.6 Å². The molecule has 0 amide bonds. The smallest absolute Gasteiger partial charge is 0.341 e. The molecule has 0 spiro atoms. The van der Waals surface area contributed by atoms with Gasteiger partial charge in [-0.05, 0) is 6.92 Å². The van der Waals surface area contributed by atoms with Crippen molar-refractivity contribution in [3.05, 3.63) is 33.4 Å². The molecular formula is C13H11FN2O4. The molecule has 6 nitrogen and oxygen atoms in total. The maximum Gasteiger partial charge on any atom is 0.341 e. The highest BCUT2D eigenvalue weighted by molar-refractivity contribution is 6.00. The van der Waals surface area contributed by atoms with E-state index in [9.17, 15) is 14.0 Å². The number of aromatic carboxylic acids is 1. The van der Waals surface area contributed by atoms with Crippen LogP contribution in [0.15, 0.2) is 11.0 Å². The van der Waals surface area contributed by atoms with Gasteiger partial charge in [-0.3, -0.25) is 4.79 Å².